The molecule has 1 aliphatic heterocycles. The number of hydrogen-bond acceptors (Lipinski definition) is 4. The number of benzene rings is 2. The van der Waals surface area contributed by atoms with Crippen molar-refractivity contribution in [1.29, 1.82) is 0 Å². The van der Waals surface area contributed by atoms with Gasteiger partial charge in [-0.05, 0) is 51.1 Å². The Morgan fingerprint density at radius 2 is 1.55 bits per heavy atom. The van der Waals surface area contributed by atoms with Crippen LogP contribution in [-0.4, -0.2) is 40.6 Å². The smallest absolute Gasteiger partial charge is 0.262 e. The zero-order valence-electron chi connectivity index (χ0n) is 16.2. The first-order valence-corrected chi connectivity index (χ1v) is 9.46. The van der Waals surface area contributed by atoms with Crippen LogP contribution in [0.3, 0.4) is 0 Å². The van der Waals surface area contributed by atoms with Gasteiger partial charge in [0, 0.05) is 11.6 Å². The fourth-order valence-electron chi connectivity index (χ4n) is 3.02. The molecule has 0 radical (unpaired) electrons. The molecule has 0 spiro atoms. The number of carbonyl (C=O) groups excluding carboxylic acids is 4. The van der Waals surface area contributed by atoms with Crippen LogP contribution in [0.4, 0.5) is 5.69 Å². The molecule has 3 rings (SSSR count). The van der Waals surface area contributed by atoms with Gasteiger partial charge >= 0.3 is 0 Å². The minimum atomic E-state index is -1.06. The summed E-state index contributed by atoms with van der Waals surface area (Å²) in [6.07, 6.45) is 0. The molecule has 29 heavy (non-hydrogen) atoms. The Kier molecular flexibility index (Phi) is 5.70. The topological polar surface area (TPSA) is 95.6 Å². The summed E-state index contributed by atoms with van der Waals surface area (Å²) in [6, 6.07) is 9.80. The van der Waals surface area contributed by atoms with Crippen LogP contribution in [0.5, 0.6) is 0 Å². The van der Waals surface area contributed by atoms with Crippen molar-refractivity contribution in [2.75, 3.05) is 5.32 Å². The SMILES string of the molecule is CC(C)NC(=O)c1ccc(Cl)c(NC(=O)C(C)N2C(=O)c3ccccc3C2=O)c1. The maximum absolute atomic E-state index is 12.7. The highest BCUT2D eigenvalue weighted by Gasteiger charge is 2.40. The van der Waals surface area contributed by atoms with E-state index in [9.17, 15) is 19.2 Å². The van der Waals surface area contributed by atoms with Crippen molar-refractivity contribution in [3.05, 3.63) is 64.2 Å². The summed E-state index contributed by atoms with van der Waals surface area (Å²) in [5.74, 6) is -1.95. The van der Waals surface area contributed by atoms with Crippen LogP contribution in [0, 0.1) is 0 Å². The summed E-state index contributed by atoms with van der Waals surface area (Å²) in [4.78, 5) is 51.0. The molecule has 0 saturated heterocycles. The molecule has 1 heterocycles. The molecule has 0 aromatic heterocycles. The lowest BCUT2D eigenvalue weighted by atomic mass is 10.1. The summed E-state index contributed by atoms with van der Waals surface area (Å²) in [7, 11) is 0. The molecule has 0 fully saturated rings. The van der Waals surface area contributed by atoms with E-state index in [0.29, 0.717) is 5.56 Å². The van der Waals surface area contributed by atoms with Crippen molar-refractivity contribution in [2.45, 2.75) is 32.9 Å². The van der Waals surface area contributed by atoms with Crippen molar-refractivity contribution in [2.24, 2.45) is 0 Å². The highest BCUT2D eigenvalue weighted by molar-refractivity contribution is 6.34. The van der Waals surface area contributed by atoms with Crippen molar-refractivity contribution in [3.63, 3.8) is 0 Å². The minimum Gasteiger partial charge on any atom is -0.350 e. The number of anilines is 1. The minimum absolute atomic E-state index is 0.0509. The van der Waals surface area contributed by atoms with Gasteiger partial charge in [-0.15, -0.1) is 0 Å². The van der Waals surface area contributed by atoms with Crippen molar-refractivity contribution < 1.29 is 19.2 Å². The van der Waals surface area contributed by atoms with E-state index in [4.69, 9.17) is 11.6 Å². The molecular formula is C21H20ClN3O4. The Bertz CT molecular complexity index is 984. The summed E-state index contributed by atoms with van der Waals surface area (Å²) in [6.45, 7) is 5.13. The Balaban J connectivity index is 1.79. The van der Waals surface area contributed by atoms with Crippen molar-refractivity contribution >= 4 is 40.9 Å². The number of halogens is 1. The lowest BCUT2D eigenvalue weighted by molar-refractivity contribution is -0.119. The number of fused-ring (bicyclic) bond motifs is 1. The first-order chi connectivity index (χ1) is 13.7. The largest absolute Gasteiger partial charge is 0.350 e. The van der Waals surface area contributed by atoms with Gasteiger partial charge in [0.2, 0.25) is 5.91 Å². The van der Waals surface area contributed by atoms with Gasteiger partial charge < -0.3 is 10.6 Å². The van der Waals surface area contributed by atoms with Crippen LogP contribution < -0.4 is 10.6 Å². The van der Waals surface area contributed by atoms with E-state index in [-0.39, 0.29) is 33.8 Å². The average Bonchev–Trinajstić information content (AvgIpc) is 2.93. The van der Waals surface area contributed by atoms with Gasteiger partial charge in [-0.2, -0.15) is 0 Å². The molecule has 0 bridgehead atoms. The third-order valence-corrected chi connectivity index (χ3v) is 4.83. The van der Waals surface area contributed by atoms with Crippen molar-refractivity contribution in [1.82, 2.24) is 10.2 Å². The van der Waals surface area contributed by atoms with E-state index in [1.165, 1.54) is 19.1 Å². The standard InChI is InChI=1S/C21H20ClN3O4/c1-11(2)23-19(27)13-8-9-16(22)17(10-13)24-18(26)12(3)25-20(28)14-6-4-5-7-15(14)21(25)29/h4-12H,1-3H3,(H,23,27)(H,24,26). The first kappa shape index (κ1) is 20.5. The van der Waals surface area contributed by atoms with E-state index in [1.807, 2.05) is 13.8 Å². The van der Waals surface area contributed by atoms with E-state index in [2.05, 4.69) is 10.6 Å². The lowest BCUT2D eigenvalue weighted by Gasteiger charge is -2.22. The molecule has 8 heteroatoms. The maximum atomic E-state index is 12.7. The molecule has 1 aliphatic rings. The number of rotatable bonds is 5. The predicted molar refractivity (Wildman–Crippen MR) is 109 cm³/mol. The van der Waals surface area contributed by atoms with Gasteiger partial charge in [0.25, 0.3) is 17.7 Å². The van der Waals surface area contributed by atoms with E-state index in [0.717, 1.165) is 4.90 Å². The Morgan fingerprint density at radius 3 is 2.10 bits per heavy atom. The second-order valence-electron chi connectivity index (χ2n) is 7.01. The lowest BCUT2D eigenvalue weighted by Crippen LogP contribution is -2.45. The maximum Gasteiger partial charge on any atom is 0.262 e. The van der Waals surface area contributed by atoms with Gasteiger partial charge in [0.1, 0.15) is 6.04 Å². The monoisotopic (exact) mass is 413 g/mol. The van der Waals surface area contributed by atoms with E-state index < -0.39 is 23.8 Å². The van der Waals surface area contributed by atoms with Crippen LogP contribution in [0.25, 0.3) is 0 Å². The molecule has 2 aromatic rings. The van der Waals surface area contributed by atoms with E-state index >= 15 is 0 Å². The summed E-state index contributed by atoms with van der Waals surface area (Å²) < 4.78 is 0. The van der Waals surface area contributed by atoms with Crippen LogP contribution in [0.1, 0.15) is 51.8 Å². The van der Waals surface area contributed by atoms with Gasteiger partial charge in [-0.25, -0.2) is 0 Å². The normalized spacial score (nSPS) is 14.0. The zero-order chi connectivity index (χ0) is 21.3. The molecule has 150 valence electrons. The van der Waals surface area contributed by atoms with Crippen LogP contribution in [0.2, 0.25) is 5.02 Å². The third-order valence-electron chi connectivity index (χ3n) is 4.50. The van der Waals surface area contributed by atoms with Crippen molar-refractivity contribution in [3.8, 4) is 0 Å². The average molecular weight is 414 g/mol. The Hall–Kier alpha value is -3.19. The third kappa shape index (κ3) is 4.00. The number of imide groups is 1. The fourth-order valence-corrected chi connectivity index (χ4v) is 3.19. The Morgan fingerprint density at radius 1 is 0.966 bits per heavy atom. The van der Waals surface area contributed by atoms with Gasteiger partial charge in [-0.1, -0.05) is 23.7 Å². The molecule has 1 atom stereocenters. The second kappa shape index (κ2) is 8.05. The molecule has 2 N–H and O–H groups in total. The number of hydrogen-bond donors (Lipinski definition) is 2. The fraction of sp³-hybridized carbons (Fsp3) is 0.238. The highest BCUT2D eigenvalue weighted by Crippen LogP contribution is 2.27. The summed E-state index contributed by atoms with van der Waals surface area (Å²) in [5, 5.41) is 5.59. The summed E-state index contributed by atoms with van der Waals surface area (Å²) in [5.41, 5.74) is 1.08. The first-order valence-electron chi connectivity index (χ1n) is 9.09. The van der Waals surface area contributed by atoms with Crippen LogP contribution >= 0.6 is 11.6 Å². The molecule has 0 saturated carbocycles. The predicted octanol–water partition coefficient (Wildman–Crippen LogP) is 3.10. The Labute approximate surface area is 173 Å². The summed E-state index contributed by atoms with van der Waals surface area (Å²) >= 11 is 6.15. The highest BCUT2D eigenvalue weighted by atomic mass is 35.5. The van der Waals surface area contributed by atoms with Gasteiger partial charge in [-0.3, -0.25) is 24.1 Å². The molecule has 2 aromatic carbocycles. The van der Waals surface area contributed by atoms with E-state index in [1.54, 1.807) is 30.3 Å². The quantitative estimate of drug-likeness (QED) is 0.736. The molecular weight excluding hydrogens is 394 g/mol. The van der Waals surface area contributed by atoms with Crippen LogP contribution in [-0.2, 0) is 4.79 Å². The number of nitrogens with zero attached hydrogens (tertiary/aromatic N) is 1. The number of amides is 4. The molecule has 7 nitrogen and oxygen atoms in total. The van der Waals surface area contributed by atoms with Gasteiger partial charge in [0.15, 0.2) is 0 Å². The number of carbonyl (C=O) groups is 4. The molecule has 1 unspecified atom stereocenters. The van der Waals surface area contributed by atoms with Crippen LogP contribution in [0.15, 0.2) is 42.5 Å². The molecule has 0 aliphatic carbocycles. The van der Waals surface area contributed by atoms with Gasteiger partial charge in [0.05, 0.1) is 21.8 Å². The second-order valence-corrected chi connectivity index (χ2v) is 7.42. The molecule has 4 amide bonds. The number of nitrogens with one attached hydrogen (secondary N) is 2. The zero-order valence-corrected chi connectivity index (χ0v) is 16.9.